The largest absolute Gasteiger partial charge is 0.387 e. The molecule has 2 aromatic heterocycles. The Hall–Kier alpha value is -1.93. The molecule has 0 spiro atoms. The molecule has 0 amide bonds. The molecule has 0 radical (unpaired) electrons. The topological polar surface area (TPSA) is 143 Å². The molecule has 9 nitrogen and oxygen atoms in total. The van der Waals surface area contributed by atoms with Gasteiger partial charge in [-0.05, 0) is 11.8 Å². The first-order chi connectivity index (χ1) is 10.1. The Labute approximate surface area is 123 Å². The van der Waals surface area contributed by atoms with Crippen LogP contribution in [0.1, 0.15) is 6.23 Å². The van der Waals surface area contributed by atoms with Gasteiger partial charge in [-0.15, -0.1) is 0 Å². The number of thioether (sulfide) groups is 1. The summed E-state index contributed by atoms with van der Waals surface area (Å²) in [5, 5.41) is 30.6. The molecule has 0 saturated carbocycles. The summed E-state index contributed by atoms with van der Waals surface area (Å²) in [7, 11) is 0. The second-order valence-electron chi connectivity index (χ2n) is 4.53. The van der Waals surface area contributed by atoms with E-state index in [0.29, 0.717) is 11.2 Å². The number of thiocyanates is 1. The Bertz CT molecular complexity index is 701. The number of ether oxygens (including phenoxy) is 1. The molecular formula is C11H12N6O3S. The standard InChI is InChI=1S/C11H12N6O3S/c12-2-21-1-5-7(18)8(19)11(20-5)17-4-16-6-9(13)14-3-15-10(6)17/h3-5,7-8,11,18-19H,1H2,(H2,13,14,15). The van der Waals surface area contributed by atoms with Crippen LogP contribution in [0, 0.1) is 10.7 Å². The zero-order valence-electron chi connectivity index (χ0n) is 10.7. The molecule has 1 aliphatic heterocycles. The van der Waals surface area contributed by atoms with Gasteiger partial charge in [0.1, 0.15) is 29.5 Å². The highest BCUT2D eigenvalue weighted by atomic mass is 32.2. The van der Waals surface area contributed by atoms with Crippen molar-refractivity contribution in [2.24, 2.45) is 0 Å². The molecule has 4 N–H and O–H groups in total. The molecule has 4 unspecified atom stereocenters. The molecule has 3 rings (SSSR count). The summed E-state index contributed by atoms with van der Waals surface area (Å²) in [5.74, 6) is 0.484. The van der Waals surface area contributed by atoms with Gasteiger partial charge in [-0.3, -0.25) is 4.57 Å². The Balaban J connectivity index is 1.92. The number of aliphatic hydroxyl groups excluding tert-OH is 2. The van der Waals surface area contributed by atoms with Gasteiger partial charge in [0, 0.05) is 5.75 Å². The smallest absolute Gasteiger partial charge is 0.167 e. The van der Waals surface area contributed by atoms with Gasteiger partial charge in [0.2, 0.25) is 0 Å². The number of rotatable bonds is 3. The highest BCUT2D eigenvalue weighted by Gasteiger charge is 2.44. The first kappa shape index (κ1) is 14.0. The third-order valence-corrected chi connectivity index (χ3v) is 3.93. The lowest BCUT2D eigenvalue weighted by Crippen LogP contribution is -2.32. The van der Waals surface area contributed by atoms with Crippen LogP contribution in [0.25, 0.3) is 11.2 Å². The summed E-state index contributed by atoms with van der Waals surface area (Å²) < 4.78 is 7.13. The van der Waals surface area contributed by atoms with Crippen molar-refractivity contribution in [2.75, 3.05) is 11.5 Å². The Morgan fingerprint density at radius 2 is 2.19 bits per heavy atom. The van der Waals surface area contributed by atoms with E-state index in [1.165, 1.54) is 17.2 Å². The van der Waals surface area contributed by atoms with Crippen LogP contribution in [0.3, 0.4) is 0 Å². The van der Waals surface area contributed by atoms with Crippen molar-refractivity contribution in [3.05, 3.63) is 12.7 Å². The molecule has 0 bridgehead atoms. The minimum Gasteiger partial charge on any atom is -0.387 e. The monoisotopic (exact) mass is 308 g/mol. The van der Waals surface area contributed by atoms with E-state index < -0.39 is 24.5 Å². The number of anilines is 1. The van der Waals surface area contributed by atoms with Crippen LogP contribution in [-0.4, -0.2) is 53.8 Å². The predicted molar refractivity (Wildman–Crippen MR) is 73.7 cm³/mol. The van der Waals surface area contributed by atoms with Crippen molar-refractivity contribution in [2.45, 2.75) is 24.5 Å². The lowest BCUT2D eigenvalue weighted by molar-refractivity contribution is -0.0288. The number of fused-ring (bicyclic) bond motifs is 1. The number of imidazole rings is 1. The predicted octanol–water partition coefficient (Wildman–Crippen LogP) is -0.758. The fourth-order valence-corrected chi connectivity index (χ4v) is 2.79. The van der Waals surface area contributed by atoms with Crippen LogP contribution in [0.2, 0.25) is 0 Å². The van der Waals surface area contributed by atoms with Gasteiger partial charge < -0.3 is 20.7 Å². The van der Waals surface area contributed by atoms with E-state index in [1.54, 1.807) is 0 Å². The second-order valence-corrected chi connectivity index (χ2v) is 5.34. The molecule has 21 heavy (non-hydrogen) atoms. The highest BCUT2D eigenvalue weighted by molar-refractivity contribution is 8.03. The summed E-state index contributed by atoms with van der Waals surface area (Å²) >= 11 is 0.955. The molecule has 110 valence electrons. The van der Waals surface area contributed by atoms with E-state index in [2.05, 4.69) is 15.0 Å². The summed E-state index contributed by atoms with van der Waals surface area (Å²) in [6, 6.07) is 0. The minimum atomic E-state index is -1.15. The number of hydrogen-bond acceptors (Lipinski definition) is 9. The van der Waals surface area contributed by atoms with E-state index in [4.69, 9.17) is 15.7 Å². The number of hydrogen-bond donors (Lipinski definition) is 3. The number of aromatic nitrogens is 4. The maximum atomic E-state index is 10.1. The number of nitrogens with two attached hydrogens (primary N) is 1. The molecule has 1 aliphatic rings. The normalized spacial score (nSPS) is 28.8. The van der Waals surface area contributed by atoms with E-state index in [1.807, 2.05) is 5.40 Å². The zero-order chi connectivity index (χ0) is 15.0. The third kappa shape index (κ3) is 2.30. The lowest BCUT2D eigenvalue weighted by atomic mass is 10.1. The molecule has 3 heterocycles. The molecule has 2 aromatic rings. The fraction of sp³-hybridized carbons (Fsp3) is 0.455. The second kappa shape index (κ2) is 5.45. The maximum Gasteiger partial charge on any atom is 0.167 e. The van der Waals surface area contributed by atoms with Crippen LogP contribution in [0.5, 0.6) is 0 Å². The quantitative estimate of drug-likeness (QED) is 0.623. The number of nitrogen functional groups attached to an aromatic ring is 1. The minimum absolute atomic E-state index is 0.225. The van der Waals surface area contributed by atoms with E-state index in [-0.39, 0.29) is 11.6 Å². The van der Waals surface area contributed by atoms with E-state index in [9.17, 15) is 10.2 Å². The molecule has 4 atom stereocenters. The van der Waals surface area contributed by atoms with Crippen molar-refractivity contribution in [1.82, 2.24) is 19.5 Å². The summed E-state index contributed by atoms with van der Waals surface area (Å²) in [4.78, 5) is 12.0. The summed E-state index contributed by atoms with van der Waals surface area (Å²) in [5.41, 5.74) is 6.51. The van der Waals surface area contributed by atoms with Gasteiger partial charge in [0.05, 0.1) is 12.4 Å². The van der Waals surface area contributed by atoms with Gasteiger partial charge in [-0.2, -0.15) is 5.26 Å². The summed E-state index contributed by atoms with van der Waals surface area (Å²) in [6.07, 6.45) is -1.02. The van der Waals surface area contributed by atoms with E-state index in [0.717, 1.165) is 11.8 Å². The van der Waals surface area contributed by atoms with Crippen molar-refractivity contribution in [1.29, 1.82) is 5.26 Å². The maximum absolute atomic E-state index is 10.1. The molecule has 10 heteroatoms. The Morgan fingerprint density at radius 3 is 2.95 bits per heavy atom. The number of aliphatic hydroxyl groups is 2. The average Bonchev–Trinajstić information content (AvgIpc) is 3.02. The van der Waals surface area contributed by atoms with Crippen LogP contribution in [0.15, 0.2) is 12.7 Å². The summed E-state index contributed by atoms with van der Waals surface area (Å²) in [6.45, 7) is 0. The molecule has 0 aromatic carbocycles. The van der Waals surface area contributed by atoms with Crippen LogP contribution < -0.4 is 5.73 Å². The molecular weight excluding hydrogens is 296 g/mol. The number of nitrogens with zero attached hydrogens (tertiary/aromatic N) is 5. The van der Waals surface area contributed by atoms with Gasteiger partial charge >= 0.3 is 0 Å². The van der Waals surface area contributed by atoms with Gasteiger partial charge in [-0.25, -0.2) is 15.0 Å². The van der Waals surface area contributed by atoms with E-state index >= 15 is 0 Å². The lowest BCUT2D eigenvalue weighted by Gasteiger charge is -2.16. The Morgan fingerprint density at radius 1 is 1.38 bits per heavy atom. The first-order valence-electron chi connectivity index (χ1n) is 6.09. The molecule has 0 aliphatic carbocycles. The van der Waals surface area contributed by atoms with Crippen molar-refractivity contribution in [3.63, 3.8) is 0 Å². The molecule has 1 fully saturated rings. The van der Waals surface area contributed by atoms with Crippen LogP contribution in [-0.2, 0) is 4.74 Å². The van der Waals surface area contributed by atoms with Crippen LogP contribution in [0.4, 0.5) is 5.82 Å². The van der Waals surface area contributed by atoms with Gasteiger partial charge in [0.25, 0.3) is 0 Å². The zero-order valence-corrected chi connectivity index (χ0v) is 11.5. The highest BCUT2D eigenvalue weighted by Crippen LogP contribution is 2.33. The molecule has 1 saturated heterocycles. The van der Waals surface area contributed by atoms with Gasteiger partial charge in [-0.1, -0.05) is 0 Å². The first-order valence-corrected chi connectivity index (χ1v) is 7.07. The third-order valence-electron chi connectivity index (χ3n) is 3.31. The SMILES string of the molecule is N#CSCC1OC(n2cnc3c(N)ncnc32)C(O)C1O. The van der Waals surface area contributed by atoms with Crippen LogP contribution >= 0.6 is 11.8 Å². The van der Waals surface area contributed by atoms with Gasteiger partial charge in [0.15, 0.2) is 17.7 Å². The number of nitriles is 1. The Kier molecular flexibility index (Phi) is 3.64. The fourth-order valence-electron chi connectivity index (χ4n) is 2.27. The van der Waals surface area contributed by atoms with Crippen molar-refractivity contribution >= 4 is 28.7 Å². The van der Waals surface area contributed by atoms with Crippen molar-refractivity contribution < 1.29 is 14.9 Å². The van der Waals surface area contributed by atoms with Crippen molar-refractivity contribution in [3.8, 4) is 5.40 Å². The average molecular weight is 308 g/mol.